The van der Waals surface area contributed by atoms with E-state index < -0.39 is 0 Å². The van der Waals surface area contributed by atoms with Gasteiger partial charge in [-0.15, -0.1) is 0 Å². The quantitative estimate of drug-likeness (QED) is 0.611. The van der Waals surface area contributed by atoms with Crippen molar-refractivity contribution in [3.63, 3.8) is 0 Å². The first-order valence-electron chi connectivity index (χ1n) is 11.6. The van der Waals surface area contributed by atoms with Gasteiger partial charge in [-0.25, -0.2) is 0 Å². The highest BCUT2D eigenvalue weighted by Crippen LogP contribution is 2.32. The van der Waals surface area contributed by atoms with E-state index in [2.05, 4.69) is 34.5 Å². The highest BCUT2D eigenvalue weighted by Gasteiger charge is 2.32. The SMILES string of the molecule is COc1cccc(-c2ccccc2NC(=O)C2CCN(C3Cc4ccccc4C3)CC2)c1. The second-order valence-corrected chi connectivity index (χ2v) is 8.91. The summed E-state index contributed by atoms with van der Waals surface area (Å²) in [4.78, 5) is 15.7. The van der Waals surface area contributed by atoms with Gasteiger partial charge in [0.2, 0.25) is 5.91 Å². The van der Waals surface area contributed by atoms with Crippen molar-refractivity contribution in [3.05, 3.63) is 83.9 Å². The number of methoxy groups -OCH3 is 1. The number of nitrogens with zero attached hydrogens (tertiary/aromatic N) is 1. The summed E-state index contributed by atoms with van der Waals surface area (Å²) >= 11 is 0. The summed E-state index contributed by atoms with van der Waals surface area (Å²) in [5.41, 5.74) is 5.90. The number of fused-ring (bicyclic) bond motifs is 1. The van der Waals surface area contributed by atoms with E-state index >= 15 is 0 Å². The lowest BCUT2D eigenvalue weighted by Crippen LogP contribution is -2.44. The van der Waals surface area contributed by atoms with Crippen LogP contribution in [0.5, 0.6) is 5.75 Å². The summed E-state index contributed by atoms with van der Waals surface area (Å²) in [5, 5.41) is 3.22. The van der Waals surface area contributed by atoms with Crippen LogP contribution in [0.2, 0.25) is 0 Å². The van der Waals surface area contributed by atoms with Gasteiger partial charge in [-0.3, -0.25) is 9.69 Å². The van der Waals surface area contributed by atoms with E-state index in [1.165, 1.54) is 11.1 Å². The van der Waals surface area contributed by atoms with Gasteiger partial charge in [0.1, 0.15) is 5.75 Å². The van der Waals surface area contributed by atoms with Crippen molar-refractivity contribution < 1.29 is 9.53 Å². The lowest BCUT2D eigenvalue weighted by Gasteiger charge is -2.35. The molecule has 1 aliphatic heterocycles. The molecule has 32 heavy (non-hydrogen) atoms. The van der Waals surface area contributed by atoms with Crippen molar-refractivity contribution in [1.29, 1.82) is 0 Å². The first-order chi connectivity index (χ1) is 15.7. The van der Waals surface area contributed by atoms with Gasteiger partial charge in [-0.05, 0) is 73.7 Å². The molecule has 0 spiro atoms. The number of para-hydroxylation sites is 1. The van der Waals surface area contributed by atoms with Crippen LogP contribution < -0.4 is 10.1 Å². The molecule has 0 radical (unpaired) electrons. The van der Waals surface area contributed by atoms with Crippen molar-refractivity contribution in [2.24, 2.45) is 5.92 Å². The minimum atomic E-state index is 0.0633. The first kappa shape index (κ1) is 20.8. The molecule has 1 fully saturated rings. The minimum absolute atomic E-state index is 0.0633. The van der Waals surface area contributed by atoms with Gasteiger partial charge in [0.25, 0.3) is 0 Å². The number of hydrogen-bond donors (Lipinski definition) is 1. The third kappa shape index (κ3) is 4.28. The van der Waals surface area contributed by atoms with Gasteiger partial charge in [0.15, 0.2) is 0 Å². The summed E-state index contributed by atoms with van der Waals surface area (Å²) in [6.45, 7) is 1.99. The van der Waals surface area contributed by atoms with Crippen LogP contribution in [0.4, 0.5) is 5.69 Å². The van der Waals surface area contributed by atoms with Gasteiger partial charge in [-0.1, -0.05) is 54.6 Å². The number of amides is 1. The standard InChI is InChI=1S/C28H30N2O2/c1-32-25-10-6-9-23(19-25)26-11-4-5-12-27(26)29-28(31)20-13-15-30(16-14-20)24-17-21-7-2-3-8-22(21)18-24/h2-12,19-20,24H,13-18H2,1H3,(H,29,31). The molecule has 3 aromatic carbocycles. The Morgan fingerprint density at radius 3 is 2.31 bits per heavy atom. The third-order valence-electron chi connectivity index (χ3n) is 7.01. The maximum atomic E-state index is 13.1. The van der Waals surface area contributed by atoms with Crippen molar-refractivity contribution in [1.82, 2.24) is 4.90 Å². The van der Waals surface area contributed by atoms with E-state index in [1.807, 2.05) is 48.5 Å². The maximum absolute atomic E-state index is 13.1. The number of hydrogen-bond acceptors (Lipinski definition) is 3. The molecule has 1 saturated heterocycles. The second-order valence-electron chi connectivity index (χ2n) is 8.91. The summed E-state index contributed by atoms with van der Waals surface area (Å²) in [6, 6.07) is 25.3. The molecule has 5 rings (SSSR count). The average Bonchev–Trinajstić information content (AvgIpc) is 3.29. The van der Waals surface area contributed by atoms with Gasteiger partial charge in [0, 0.05) is 23.2 Å². The van der Waals surface area contributed by atoms with Gasteiger partial charge < -0.3 is 10.1 Å². The Morgan fingerprint density at radius 2 is 1.59 bits per heavy atom. The number of likely N-dealkylation sites (tertiary alicyclic amines) is 1. The topological polar surface area (TPSA) is 41.6 Å². The van der Waals surface area contributed by atoms with Gasteiger partial charge in [0.05, 0.1) is 7.11 Å². The van der Waals surface area contributed by atoms with Crippen LogP contribution in [0.25, 0.3) is 11.1 Å². The fourth-order valence-electron chi connectivity index (χ4n) is 5.19. The molecular formula is C28H30N2O2. The summed E-state index contributed by atoms with van der Waals surface area (Å²) < 4.78 is 5.37. The smallest absolute Gasteiger partial charge is 0.227 e. The molecule has 0 atom stereocenters. The van der Waals surface area contributed by atoms with E-state index in [9.17, 15) is 4.79 Å². The number of anilines is 1. The Hall–Kier alpha value is -3.11. The predicted octanol–water partition coefficient (Wildman–Crippen LogP) is 5.18. The van der Waals surface area contributed by atoms with Crippen molar-refractivity contribution >= 4 is 11.6 Å². The largest absolute Gasteiger partial charge is 0.497 e. The fourth-order valence-corrected chi connectivity index (χ4v) is 5.19. The Labute approximate surface area is 190 Å². The predicted molar refractivity (Wildman–Crippen MR) is 129 cm³/mol. The van der Waals surface area contributed by atoms with E-state index in [4.69, 9.17) is 4.74 Å². The van der Waals surface area contributed by atoms with Crippen LogP contribution in [0.15, 0.2) is 72.8 Å². The lowest BCUT2D eigenvalue weighted by molar-refractivity contribution is -0.121. The molecule has 0 saturated carbocycles. The summed E-state index contributed by atoms with van der Waals surface area (Å²) in [7, 11) is 1.67. The Kier molecular flexibility index (Phi) is 5.95. The monoisotopic (exact) mass is 426 g/mol. The van der Waals surface area contributed by atoms with E-state index in [0.29, 0.717) is 6.04 Å². The third-order valence-corrected chi connectivity index (χ3v) is 7.01. The highest BCUT2D eigenvalue weighted by atomic mass is 16.5. The number of nitrogens with one attached hydrogen (secondary N) is 1. The number of rotatable bonds is 5. The molecule has 1 N–H and O–H groups in total. The van der Waals surface area contributed by atoms with Crippen LogP contribution >= 0.6 is 0 Å². The van der Waals surface area contributed by atoms with Crippen LogP contribution in [0.3, 0.4) is 0 Å². The zero-order chi connectivity index (χ0) is 21.9. The van der Waals surface area contributed by atoms with E-state index in [0.717, 1.165) is 61.3 Å². The Balaban J connectivity index is 1.22. The molecule has 4 nitrogen and oxygen atoms in total. The molecule has 1 aliphatic carbocycles. The van der Waals surface area contributed by atoms with Crippen LogP contribution in [-0.2, 0) is 17.6 Å². The Morgan fingerprint density at radius 1 is 0.906 bits per heavy atom. The number of benzene rings is 3. The Bertz CT molecular complexity index is 1080. The minimum Gasteiger partial charge on any atom is -0.497 e. The normalized spacial score (nSPS) is 17.2. The number of carbonyl (C=O) groups is 1. The van der Waals surface area contributed by atoms with Crippen molar-refractivity contribution in [3.8, 4) is 16.9 Å². The molecule has 3 aromatic rings. The van der Waals surface area contributed by atoms with E-state index in [-0.39, 0.29) is 11.8 Å². The summed E-state index contributed by atoms with van der Waals surface area (Å²) in [6.07, 6.45) is 4.11. The molecule has 4 heteroatoms. The summed E-state index contributed by atoms with van der Waals surface area (Å²) in [5.74, 6) is 1.01. The molecule has 0 unspecified atom stereocenters. The zero-order valence-corrected chi connectivity index (χ0v) is 18.6. The van der Waals surface area contributed by atoms with Crippen LogP contribution in [0, 0.1) is 5.92 Å². The molecule has 164 valence electrons. The van der Waals surface area contributed by atoms with Crippen molar-refractivity contribution in [2.45, 2.75) is 31.7 Å². The lowest BCUT2D eigenvalue weighted by atomic mass is 9.94. The van der Waals surface area contributed by atoms with Crippen LogP contribution in [0.1, 0.15) is 24.0 Å². The first-order valence-corrected chi connectivity index (χ1v) is 11.6. The van der Waals surface area contributed by atoms with Crippen LogP contribution in [-0.4, -0.2) is 37.0 Å². The fraction of sp³-hybridized carbons (Fsp3) is 0.321. The zero-order valence-electron chi connectivity index (χ0n) is 18.6. The second kappa shape index (κ2) is 9.17. The average molecular weight is 427 g/mol. The molecule has 2 aliphatic rings. The number of piperidine rings is 1. The maximum Gasteiger partial charge on any atom is 0.227 e. The molecule has 0 aromatic heterocycles. The molecule has 1 heterocycles. The highest BCUT2D eigenvalue weighted by molar-refractivity contribution is 5.96. The van der Waals surface area contributed by atoms with E-state index in [1.54, 1.807) is 7.11 Å². The number of ether oxygens (including phenoxy) is 1. The number of carbonyl (C=O) groups excluding carboxylic acids is 1. The molecular weight excluding hydrogens is 396 g/mol. The van der Waals surface area contributed by atoms with Gasteiger partial charge in [-0.2, -0.15) is 0 Å². The molecule has 0 bridgehead atoms. The van der Waals surface area contributed by atoms with Crippen molar-refractivity contribution in [2.75, 3.05) is 25.5 Å². The molecule has 1 amide bonds. The van der Waals surface area contributed by atoms with Gasteiger partial charge >= 0.3 is 0 Å².